The van der Waals surface area contributed by atoms with Crippen LogP contribution in [0.4, 0.5) is 0 Å². The van der Waals surface area contributed by atoms with Crippen molar-refractivity contribution in [3.8, 4) is 0 Å². The maximum absolute atomic E-state index is 12.4. The molecule has 0 radical (unpaired) electrons. The zero-order valence-electron chi connectivity index (χ0n) is 16.1. The van der Waals surface area contributed by atoms with Gasteiger partial charge in [0.15, 0.2) is 0 Å². The van der Waals surface area contributed by atoms with Crippen molar-refractivity contribution in [1.29, 1.82) is 0 Å². The second kappa shape index (κ2) is 8.02. The Labute approximate surface area is 167 Å². The third kappa shape index (κ3) is 3.54. The number of aliphatic carboxylic acids is 1. The van der Waals surface area contributed by atoms with Gasteiger partial charge >= 0.3 is 5.97 Å². The van der Waals surface area contributed by atoms with Gasteiger partial charge in [-0.25, -0.2) is 4.79 Å². The van der Waals surface area contributed by atoms with Gasteiger partial charge in [0, 0.05) is 29.2 Å². The standard InChI is InChI=1S/C18H27N3O6S/c1-7-13-12(9(3)22)17(24)21(13)14(18(25)26)15(7)28-11-4-5-27-10(11)6-20-16(23)8(2)19/h7-13,22H,4-6,19H2,1-3H3,(H,20,23)(H,25,26)/t7-,8+,9-,10-,11-,12-,13?/m1/s1. The van der Waals surface area contributed by atoms with Gasteiger partial charge in [0.05, 0.1) is 30.2 Å². The van der Waals surface area contributed by atoms with Crippen LogP contribution in [-0.2, 0) is 19.1 Å². The molecule has 1 unspecified atom stereocenters. The number of ether oxygens (including phenoxy) is 1. The fourth-order valence-electron chi connectivity index (χ4n) is 4.16. The number of β-lactam (4-membered cyclic amide) rings is 1. The van der Waals surface area contributed by atoms with Gasteiger partial charge in [0.1, 0.15) is 5.70 Å². The molecular weight excluding hydrogens is 386 g/mol. The Morgan fingerprint density at radius 2 is 2.11 bits per heavy atom. The molecule has 2 saturated heterocycles. The van der Waals surface area contributed by atoms with Crippen LogP contribution in [0.1, 0.15) is 27.2 Å². The number of nitrogens with one attached hydrogen (secondary N) is 1. The van der Waals surface area contributed by atoms with Crippen LogP contribution in [0.3, 0.4) is 0 Å². The number of amides is 2. The van der Waals surface area contributed by atoms with Crippen molar-refractivity contribution in [2.75, 3.05) is 13.2 Å². The van der Waals surface area contributed by atoms with Crippen molar-refractivity contribution in [1.82, 2.24) is 10.2 Å². The first-order valence-corrected chi connectivity index (χ1v) is 10.3. The van der Waals surface area contributed by atoms with Gasteiger partial charge in [0.2, 0.25) is 11.8 Å². The number of thioether (sulfide) groups is 1. The van der Waals surface area contributed by atoms with E-state index in [-0.39, 0.29) is 40.8 Å². The molecule has 3 aliphatic heterocycles. The van der Waals surface area contributed by atoms with Crippen molar-refractivity contribution in [2.24, 2.45) is 17.6 Å². The van der Waals surface area contributed by atoms with Gasteiger partial charge in [-0.3, -0.25) is 9.59 Å². The first kappa shape index (κ1) is 21.1. The number of nitrogens with zero attached hydrogens (tertiary/aromatic N) is 1. The van der Waals surface area contributed by atoms with Gasteiger partial charge in [-0.1, -0.05) is 6.92 Å². The summed E-state index contributed by atoms with van der Waals surface area (Å²) in [6, 6.07) is -0.949. The highest BCUT2D eigenvalue weighted by molar-refractivity contribution is 8.03. The number of aliphatic hydroxyl groups excluding tert-OH is 1. The summed E-state index contributed by atoms with van der Waals surface area (Å²) in [6.45, 7) is 5.86. The van der Waals surface area contributed by atoms with Crippen molar-refractivity contribution >= 4 is 29.5 Å². The highest BCUT2D eigenvalue weighted by atomic mass is 32.2. The fraction of sp³-hybridized carbons (Fsp3) is 0.722. The smallest absolute Gasteiger partial charge is 0.353 e. The number of nitrogens with two attached hydrogens (primary N) is 1. The number of carbonyl (C=O) groups is 3. The maximum Gasteiger partial charge on any atom is 0.353 e. The summed E-state index contributed by atoms with van der Waals surface area (Å²) < 4.78 is 5.72. The van der Waals surface area contributed by atoms with E-state index in [0.29, 0.717) is 24.5 Å². The molecule has 156 valence electrons. The van der Waals surface area contributed by atoms with Gasteiger partial charge in [-0.15, -0.1) is 11.8 Å². The van der Waals surface area contributed by atoms with Crippen LogP contribution >= 0.6 is 11.8 Å². The van der Waals surface area contributed by atoms with E-state index in [9.17, 15) is 24.6 Å². The maximum atomic E-state index is 12.4. The normalized spacial score (nSPS) is 34.1. The molecular formula is C18H27N3O6S. The van der Waals surface area contributed by atoms with Crippen molar-refractivity contribution in [2.45, 2.75) is 56.7 Å². The minimum absolute atomic E-state index is 0.00895. The summed E-state index contributed by atoms with van der Waals surface area (Å²) in [5.74, 6) is -2.52. The van der Waals surface area contributed by atoms with Crippen LogP contribution < -0.4 is 11.1 Å². The highest BCUT2D eigenvalue weighted by Gasteiger charge is 2.60. The second-order valence-corrected chi connectivity index (χ2v) is 8.94. The SMILES string of the molecule is C[C@H](N)C(=O)NC[C@H]1OCC[C@H]1SC1=C(C(=O)O)N2C(=O)[C@H]([C@@H](C)O)C2[C@H]1C. The largest absolute Gasteiger partial charge is 0.477 e. The molecule has 0 bridgehead atoms. The molecule has 10 heteroatoms. The molecule has 9 nitrogen and oxygen atoms in total. The number of fused-ring (bicyclic) bond motifs is 1. The highest BCUT2D eigenvalue weighted by Crippen LogP contribution is 2.52. The van der Waals surface area contributed by atoms with E-state index in [1.54, 1.807) is 13.8 Å². The molecule has 3 rings (SSSR count). The monoisotopic (exact) mass is 413 g/mol. The van der Waals surface area contributed by atoms with Gasteiger partial charge in [-0.2, -0.15) is 0 Å². The number of hydrogen-bond acceptors (Lipinski definition) is 7. The van der Waals surface area contributed by atoms with E-state index in [1.807, 2.05) is 6.92 Å². The summed E-state index contributed by atoms with van der Waals surface area (Å²) in [6.07, 6.45) is -0.379. The number of hydrogen-bond donors (Lipinski definition) is 4. The van der Waals surface area contributed by atoms with E-state index in [0.717, 1.165) is 0 Å². The fourth-order valence-corrected chi connectivity index (χ4v) is 5.68. The summed E-state index contributed by atoms with van der Waals surface area (Å²) in [5.41, 5.74) is 5.57. The van der Waals surface area contributed by atoms with E-state index in [2.05, 4.69) is 5.32 Å². The molecule has 0 saturated carbocycles. The molecule has 7 atom stereocenters. The Morgan fingerprint density at radius 1 is 1.43 bits per heavy atom. The van der Waals surface area contributed by atoms with Crippen LogP contribution in [0, 0.1) is 11.8 Å². The van der Waals surface area contributed by atoms with E-state index >= 15 is 0 Å². The Balaban J connectivity index is 1.76. The Kier molecular flexibility index (Phi) is 6.04. The number of carbonyl (C=O) groups excluding carboxylic acids is 2. The predicted molar refractivity (Wildman–Crippen MR) is 102 cm³/mol. The molecule has 2 fully saturated rings. The average molecular weight is 413 g/mol. The average Bonchev–Trinajstić information content (AvgIpc) is 3.14. The molecule has 5 N–H and O–H groups in total. The van der Waals surface area contributed by atoms with Crippen LogP contribution in [0.25, 0.3) is 0 Å². The molecule has 3 aliphatic rings. The van der Waals surface area contributed by atoms with Gasteiger partial charge in [-0.05, 0) is 20.3 Å². The molecule has 0 spiro atoms. The van der Waals surface area contributed by atoms with E-state index in [4.69, 9.17) is 10.5 Å². The first-order valence-electron chi connectivity index (χ1n) is 9.45. The molecule has 0 aromatic carbocycles. The summed E-state index contributed by atoms with van der Waals surface area (Å²) in [7, 11) is 0. The number of aliphatic hydroxyl groups is 1. The molecule has 2 amide bonds. The zero-order chi connectivity index (χ0) is 20.7. The lowest BCUT2D eigenvalue weighted by Crippen LogP contribution is -2.63. The minimum Gasteiger partial charge on any atom is -0.477 e. The molecule has 0 aromatic heterocycles. The molecule has 3 heterocycles. The quantitative estimate of drug-likeness (QED) is 0.409. The second-order valence-electron chi connectivity index (χ2n) is 7.66. The molecule has 0 aliphatic carbocycles. The number of carboxylic acid groups (broad SMARTS) is 1. The Bertz CT molecular complexity index is 709. The molecule has 0 aromatic rings. The van der Waals surface area contributed by atoms with Crippen LogP contribution in [0.2, 0.25) is 0 Å². The van der Waals surface area contributed by atoms with E-state index in [1.165, 1.54) is 16.7 Å². The first-order chi connectivity index (χ1) is 13.1. The van der Waals surface area contributed by atoms with Crippen molar-refractivity contribution < 1.29 is 29.3 Å². The van der Waals surface area contributed by atoms with Gasteiger partial charge in [0.25, 0.3) is 0 Å². The van der Waals surface area contributed by atoms with Crippen LogP contribution in [-0.4, -0.2) is 75.6 Å². The summed E-state index contributed by atoms with van der Waals surface area (Å²) in [4.78, 5) is 38.0. The van der Waals surface area contributed by atoms with Crippen molar-refractivity contribution in [3.63, 3.8) is 0 Å². The third-order valence-electron chi connectivity index (χ3n) is 5.63. The lowest BCUT2D eigenvalue weighted by Gasteiger charge is -2.46. The topological polar surface area (TPSA) is 142 Å². The predicted octanol–water partition coefficient (Wildman–Crippen LogP) is -0.506. The minimum atomic E-state index is -1.14. The number of rotatable bonds is 7. The zero-order valence-corrected chi connectivity index (χ0v) is 16.9. The summed E-state index contributed by atoms with van der Waals surface area (Å²) >= 11 is 1.41. The Morgan fingerprint density at radius 3 is 2.68 bits per heavy atom. The summed E-state index contributed by atoms with van der Waals surface area (Å²) in [5, 5.41) is 22.3. The molecule has 28 heavy (non-hydrogen) atoms. The lowest BCUT2D eigenvalue weighted by atomic mass is 9.79. The van der Waals surface area contributed by atoms with E-state index < -0.39 is 24.0 Å². The Hall–Kier alpha value is -1.62. The van der Waals surface area contributed by atoms with Gasteiger partial charge < -0.3 is 30.9 Å². The van der Waals surface area contributed by atoms with Crippen molar-refractivity contribution in [3.05, 3.63) is 10.6 Å². The van der Waals surface area contributed by atoms with Crippen LogP contribution in [0.5, 0.6) is 0 Å². The van der Waals surface area contributed by atoms with Crippen LogP contribution in [0.15, 0.2) is 10.6 Å². The lowest BCUT2D eigenvalue weighted by molar-refractivity contribution is -0.163. The number of carboxylic acids is 1. The third-order valence-corrected chi connectivity index (χ3v) is 7.29.